The molecule has 0 bridgehead atoms. The van der Waals surface area contributed by atoms with Crippen molar-refractivity contribution in [3.8, 4) is 0 Å². The largest absolute Gasteiger partial charge is 0.407 e. The summed E-state index contributed by atoms with van der Waals surface area (Å²) < 4.78 is 10.9. The number of rotatable bonds is 6. The van der Waals surface area contributed by atoms with Gasteiger partial charge in [0.25, 0.3) is 0 Å². The lowest BCUT2D eigenvalue weighted by Crippen LogP contribution is -2.35. The molecule has 1 aromatic heterocycles. The lowest BCUT2D eigenvalue weighted by molar-refractivity contribution is 0.184. The Kier molecular flexibility index (Phi) is 4.19. The second-order valence-corrected chi connectivity index (χ2v) is 5.51. The Balaban J connectivity index is 1.82. The average Bonchev–Trinajstić information content (AvgIpc) is 2.88. The molecule has 0 aliphatic carbocycles. The number of hydrogen-bond acceptors (Lipinski definition) is 6. The van der Waals surface area contributed by atoms with Crippen LogP contribution in [0.5, 0.6) is 0 Å². The molecular weight excluding hydrogens is 232 g/mol. The van der Waals surface area contributed by atoms with E-state index in [9.17, 15) is 0 Å². The van der Waals surface area contributed by atoms with Gasteiger partial charge in [0, 0.05) is 6.61 Å². The van der Waals surface area contributed by atoms with Crippen LogP contribution in [0, 0.1) is 5.92 Å². The molecule has 2 rings (SSSR count). The van der Waals surface area contributed by atoms with E-state index in [-0.39, 0.29) is 5.54 Å². The minimum Gasteiger partial charge on any atom is -0.407 e. The standard InChI is InChI=1S/C12H22N4O2/c1-9(2)6-13-7-10-15-16-11(18-10)14-12(3)4-5-17-8-12/h9,13H,4-8H2,1-3H3,(H,14,16). The zero-order valence-corrected chi connectivity index (χ0v) is 11.3. The van der Waals surface area contributed by atoms with Crippen molar-refractivity contribution in [1.82, 2.24) is 15.5 Å². The van der Waals surface area contributed by atoms with E-state index < -0.39 is 0 Å². The van der Waals surface area contributed by atoms with E-state index in [0.29, 0.717) is 31.0 Å². The summed E-state index contributed by atoms with van der Waals surface area (Å²) in [5.41, 5.74) is -0.0881. The lowest BCUT2D eigenvalue weighted by Gasteiger charge is -2.21. The van der Waals surface area contributed by atoms with Gasteiger partial charge in [0.05, 0.1) is 18.7 Å². The maximum Gasteiger partial charge on any atom is 0.316 e. The summed E-state index contributed by atoms with van der Waals surface area (Å²) >= 11 is 0. The lowest BCUT2D eigenvalue weighted by atomic mass is 10.0. The zero-order chi connectivity index (χ0) is 13.0. The first-order valence-corrected chi connectivity index (χ1v) is 6.46. The minimum atomic E-state index is -0.0881. The molecule has 2 heterocycles. The van der Waals surface area contributed by atoms with Gasteiger partial charge in [-0.2, -0.15) is 0 Å². The Morgan fingerprint density at radius 1 is 1.39 bits per heavy atom. The smallest absolute Gasteiger partial charge is 0.316 e. The van der Waals surface area contributed by atoms with Crippen LogP contribution in [-0.4, -0.2) is 35.5 Å². The fourth-order valence-electron chi connectivity index (χ4n) is 1.87. The van der Waals surface area contributed by atoms with Crippen molar-refractivity contribution in [2.45, 2.75) is 39.3 Å². The topological polar surface area (TPSA) is 72.2 Å². The zero-order valence-electron chi connectivity index (χ0n) is 11.3. The van der Waals surface area contributed by atoms with Crippen LogP contribution in [0.4, 0.5) is 6.01 Å². The van der Waals surface area contributed by atoms with Gasteiger partial charge in [-0.05, 0) is 25.8 Å². The van der Waals surface area contributed by atoms with Gasteiger partial charge >= 0.3 is 6.01 Å². The van der Waals surface area contributed by atoms with Gasteiger partial charge in [-0.15, -0.1) is 5.10 Å². The van der Waals surface area contributed by atoms with E-state index in [0.717, 1.165) is 19.6 Å². The van der Waals surface area contributed by atoms with Gasteiger partial charge in [-0.3, -0.25) is 0 Å². The fourth-order valence-corrected chi connectivity index (χ4v) is 1.87. The highest BCUT2D eigenvalue weighted by Crippen LogP contribution is 2.22. The second kappa shape index (κ2) is 5.67. The molecule has 1 fully saturated rings. The summed E-state index contributed by atoms with van der Waals surface area (Å²) in [6.45, 7) is 9.43. The minimum absolute atomic E-state index is 0.0881. The highest BCUT2D eigenvalue weighted by atomic mass is 16.5. The van der Waals surface area contributed by atoms with Crippen molar-refractivity contribution in [1.29, 1.82) is 0 Å². The molecule has 6 nitrogen and oxygen atoms in total. The van der Waals surface area contributed by atoms with Crippen LogP contribution in [0.2, 0.25) is 0 Å². The van der Waals surface area contributed by atoms with Gasteiger partial charge in [0.2, 0.25) is 5.89 Å². The van der Waals surface area contributed by atoms with Crippen LogP contribution in [-0.2, 0) is 11.3 Å². The maximum absolute atomic E-state index is 5.54. The van der Waals surface area contributed by atoms with Crippen molar-refractivity contribution < 1.29 is 9.15 Å². The second-order valence-electron chi connectivity index (χ2n) is 5.51. The molecule has 1 unspecified atom stereocenters. The van der Waals surface area contributed by atoms with Crippen LogP contribution in [0.3, 0.4) is 0 Å². The molecule has 2 N–H and O–H groups in total. The number of aromatic nitrogens is 2. The number of nitrogens with one attached hydrogen (secondary N) is 2. The highest BCUT2D eigenvalue weighted by molar-refractivity contribution is 5.24. The van der Waals surface area contributed by atoms with Gasteiger partial charge in [0.1, 0.15) is 0 Å². The Morgan fingerprint density at radius 3 is 2.89 bits per heavy atom. The van der Waals surface area contributed by atoms with Gasteiger partial charge in [-0.25, -0.2) is 0 Å². The molecule has 1 aliphatic heterocycles. The molecule has 1 aromatic rings. The van der Waals surface area contributed by atoms with E-state index in [1.165, 1.54) is 0 Å². The first kappa shape index (κ1) is 13.3. The number of ether oxygens (including phenoxy) is 1. The normalized spacial score (nSPS) is 23.8. The molecule has 1 aliphatic rings. The Morgan fingerprint density at radius 2 is 2.22 bits per heavy atom. The van der Waals surface area contributed by atoms with E-state index >= 15 is 0 Å². The molecule has 18 heavy (non-hydrogen) atoms. The third-order valence-electron chi connectivity index (χ3n) is 2.92. The van der Waals surface area contributed by atoms with Crippen LogP contribution >= 0.6 is 0 Å². The number of nitrogens with zero attached hydrogens (tertiary/aromatic N) is 2. The third-order valence-corrected chi connectivity index (χ3v) is 2.92. The molecule has 1 saturated heterocycles. The SMILES string of the molecule is CC(C)CNCc1nnc(NC2(C)CCOC2)o1. The predicted molar refractivity (Wildman–Crippen MR) is 68.3 cm³/mol. The average molecular weight is 254 g/mol. The summed E-state index contributed by atoms with van der Waals surface area (Å²) in [7, 11) is 0. The van der Waals surface area contributed by atoms with Crippen molar-refractivity contribution in [3.05, 3.63) is 5.89 Å². The fraction of sp³-hybridized carbons (Fsp3) is 0.833. The van der Waals surface area contributed by atoms with E-state index in [2.05, 4.69) is 41.6 Å². The predicted octanol–water partition coefficient (Wildman–Crippen LogP) is 1.41. The van der Waals surface area contributed by atoms with Crippen molar-refractivity contribution in [2.75, 3.05) is 25.1 Å². The van der Waals surface area contributed by atoms with Crippen LogP contribution in [0.15, 0.2) is 4.42 Å². The van der Waals surface area contributed by atoms with Crippen LogP contribution in [0.25, 0.3) is 0 Å². The molecule has 6 heteroatoms. The number of anilines is 1. The molecule has 0 saturated carbocycles. The maximum atomic E-state index is 5.54. The molecule has 0 spiro atoms. The molecule has 102 valence electrons. The highest BCUT2D eigenvalue weighted by Gasteiger charge is 2.31. The van der Waals surface area contributed by atoms with Gasteiger partial charge in [-0.1, -0.05) is 18.9 Å². The Labute approximate surface area is 107 Å². The van der Waals surface area contributed by atoms with Gasteiger partial charge < -0.3 is 19.8 Å². The molecular formula is C12H22N4O2. The van der Waals surface area contributed by atoms with Crippen LogP contribution < -0.4 is 10.6 Å². The summed E-state index contributed by atoms with van der Waals surface area (Å²) in [5.74, 6) is 1.22. The van der Waals surface area contributed by atoms with Crippen molar-refractivity contribution >= 4 is 6.01 Å². The molecule has 0 radical (unpaired) electrons. The Bertz CT molecular complexity index is 372. The quantitative estimate of drug-likeness (QED) is 0.799. The Hall–Kier alpha value is -1.14. The monoisotopic (exact) mass is 254 g/mol. The first-order chi connectivity index (χ1) is 8.57. The van der Waals surface area contributed by atoms with Crippen LogP contribution in [0.1, 0.15) is 33.1 Å². The van der Waals surface area contributed by atoms with Crippen molar-refractivity contribution in [3.63, 3.8) is 0 Å². The molecule has 0 amide bonds. The molecule has 0 aromatic carbocycles. The summed E-state index contributed by atoms with van der Waals surface area (Å²) in [5, 5.41) is 14.5. The van der Waals surface area contributed by atoms with E-state index in [4.69, 9.17) is 9.15 Å². The summed E-state index contributed by atoms with van der Waals surface area (Å²) in [4.78, 5) is 0. The third kappa shape index (κ3) is 3.68. The number of hydrogen-bond donors (Lipinski definition) is 2. The van der Waals surface area contributed by atoms with Gasteiger partial charge in [0.15, 0.2) is 0 Å². The summed E-state index contributed by atoms with van der Waals surface area (Å²) in [6.07, 6.45) is 0.955. The molecule has 1 atom stereocenters. The van der Waals surface area contributed by atoms with Crippen molar-refractivity contribution in [2.24, 2.45) is 5.92 Å². The van der Waals surface area contributed by atoms with E-state index in [1.54, 1.807) is 0 Å². The first-order valence-electron chi connectivity index (χ1n) is 6.46. The summed E-state index contributed by atoms with van der Waals surface area (Å²) in [6, 6.07) is 0.476. The van der Waals surface area contributed by atoms with E-state index in [1.807, 2.05) is 0 Å².